The first kappa shape index (κ1) is 101. The van der Waals surface area contributed by atoms with Gasteiger partial charge in [0, 0.05) is 25.7 Å². The normalized spacial score (nSPS) is 14.0. The summed E-state index contributed by atoms with van der Waals surface area (Å²) in [6, 6.07) is 0. The van der Waals surface area contributed by atoms with E-state index in [-0.39, 0.29) is 25.7 Å². The molecule has 0 aromatic rings. The zero-order valence-corrected chi connectivity index (χ0v) is 69.0. The van der Waals surface area contributed by atoms with Crippen molar-refractivity contribution in [3.63, 3.8) is 0 Å². The van der Waals surface area contributed by atoms with E-state index in [1.54, 1.807) is 0 Å². The lowest BCUT2D eigenvalue weighted by Gasteiger charge is -2.21. The summed E-state index contributed by atoms with van der Waals surface area (Å²) in [6.45, 7) is 4.96. The van der Waals surface area contributed by atoms with Crippen LogP contribution in [0.4, 0.5) is 0 Å². The van der Waals surface area contributed by atoms with Gasteiger partial charge in [-0.25, -0.2) is 9.13 Å². The standard InChI is InChI=1S/C85H160O17P2/c1-5-9-13-17-21-25-29-33-37-39-43-47-51-55-59-63-67-71-84(89)101-80(75-95-82(87)69-65-61-57-53-49-45-41-35-31-27-23-19-15-11-7-3)77-99-103(91,92)97-73-79(86)74-98-104(93,94)100-78-81(76-96-83(88)70-66-62-58-54-50-46-42-36-32-28-24-20-16-12-8-4)102-85(90)72-68-64-60-56-52-48-44-40-38-34-30-26-22-18-14-10-6-2/h23,27,35-36,41-42,79-81,86H,5-22,24-26,28-34,37-40,43-78H2,1-4H3,(H,91,92)(H,93,94)/b27-23-,41-35-,42-36-/t79-,80+,81+/m0/s1. The fourth-order valence-corrected chi connectivity index (χ4v) is 14.1. The van der Waals surface area contributed by atoms with Crippen molar-refractivity contribution < 1.29 is 80.2 Å². The number of carbonyl (C=O) groups excluding carboxylic acids is 4. The molecule has 0 bridgehead atoms. The van der Waals surface area contributed by atoms with Gasteiger partial charge in [0.2, 0.25) is 0 Å². The molecule has 0 aromatic heterocycles. The third-order valence-corrected chi connectivity index (χ3v) is 21.0. The van der Waals surface area contributed by atoms with Crippen LogP contribution in [0.1, 0.15) is 426 Å². The van der Waals surface area contributed by atoms with E-state index in [9.17, 15) is 43.2 Å². The minimum absolute atomic E-state index is 0.101. The number of aliphatic hydroxyl groups is 1. The van der Waals surface area contributed by atoms with Gasteiger partial charge < -0.3 is 33.8 Å². The Balaban J connectivity index is 5.32. The number of hydrogen-bond donors (Lipinski definition) is 3. The molecule has 0 spiro atoms. The van der Waals surface area contributed by atoms with Crippen LogP contribution in [0.3, 0.4) is 0 Å². The van der Waals surface area contributed by atoms with Crippen LogP contribution in [0.5, 0.6) is 0 Å². The number of carbonyl (C=O) groups is 4. The lowest BCUT2D eigenvalue weighted by molar-refractivity contribution is -0.161. The summed E-state index contributed by atoms with van der Waals surface area (Å²) in [5, 5.41) is 10.7. The quantitative estimate of drug-likeness (QED) is 0.0169. The molecule has 0 aliphatic heterocycles. The van der Waals surface area contributed by atoms with E-state index in [1.807, 2.05) is 0 Å². The van der Waals surface area contributed by atoms with Crippen LogP contribution in [0.25, 0.3) is 0 Å². The van der Waals surface area contributed by atoms with Crippen molar-refractivity contribution in [2.24, 2.45) is 0 Å². The maximum atomic E-state index is 13.1. The third-order valence-electron chi connectivity index (χ3n) is 19.1. The molecule has 5 atom stereocenters. The van der Waals surface area contributed by atoms with Gasteiger partial charge in [0.15, 0.2) is 12.2 Å². The molecule has 0 fully saturated rings. The van der Waals surface area contributed by atoms with E-state index in [1.165, 1.54) is 212 Å². The van der Waals surface area contributed by atoms with Gasteiger partial charge in [-0.1, -0.05) is 353 Å². The van der Waals surface area contributed by atoms with Gasteiger partial charge in [-0.3, -0.25) is 37.3 Å². The molecule has 104 heavy (non-hydrogen) atoms. The van der Waals surface area contributed by atoms with E-state index in [4.69, 9.17) is 37.0 Å². The molecule has 17 nitrogen and oxygen atoms in total. The topological polar surface area (TPSA) is 237 Å². The Labute approximate surface area is 636 Å². The van der Waals surface area contributed by atoms with Crippen LogP contribution in [-0.2, 0) is 65.4 Å². The van der Waals surface area contributed by atoms with Crippen LogP contribution in [0, 0.1) is 0 Å². The van der Waals surface area contributed by atoms with Gasteiger partial charge in [0.1, 0.15) is 19.3 Å². The average molecular weight is 1520 g/mol. The van der Waals surface area contributed by atoms with E-state index in [0.717, 1.165) is 135 Å². The highest BCUT2D eigenvalue weighted by atomic mass is 31.2. The number of ether oxygens (including phenoxy) is 4. The first-order valence-corrected chi connectivity index (χ1v) is 46.2. The number of unbranched alkanes of at least 4 members (excludes halogenated alkanes) is 51. The maximum absolute atomic E-state index is 13.1. The highest BCUT2D eigenvalue weighted by Crippen LogP contribution is 2.45. The number of phosphoric ester groups is 2. The number of aliphatic hydroxyl groups excluding tert-OH is 1. The minimum atomic E-state index is -4.97. The smallest absolute Gasteiger partial charge is 0.462 e. The van der Waals surface area contributed by atoms with Crippen LogP contribution < -0.4 is 0 Å². The molecule has 0 aromatic carbocycles. The van der Waals surface area contributed by atoms with Crippen molar-refractivity contribution in [3.8, 4) is 0 Å². The summed E-state index contributed by atoms with van der Waals surface area (Å²) in [4.78, 5) is 73.2. The minimum Gasteiger partial charge on any atom is -0.462 e. The SMILES string of the molecule is CCCCC/C=C\C/C=C\CCCCCCCC(=O)OC[C@H](COP(=O)(O)OC[C@H](O)COP(=O)(O)OC[C@@H](COC(=O)CCCCCCC/C=C\CCCCCCCC)OC(=O)CCCCCCCCCCCCCCCCCCC)OC(=O)CCCCCCCCCCCCCCCCCCC. The molecule has 0 rings (SSSR count). The third kappa shape index (κ3) is 77.4. The largest absolute Gasteiger partial charge is 0.472 e. The molecule has 19 heteroatoms. The molecule has 0 saturated heterocycles. The van der Waals surface area contributed by atoms with Crippen molar-refractivity contribution in [1.82, 2.24) is 0 Å². The Morgan fingerprint density at radius 3 is 0.740 bits per heavy atom. The van der Waals surface area contributed by atoms with E-state index in [0.29, 0.717) is 25.7 Å². The summed E-state index contributed by atoms with van der Waals surface area (Å²) in [5.41, 5.74) is 0. The molecule has 0 aliphatic rings. The second-order valence-electron chi connectivity index (χ2n) is 29.5. The molecule has 0 saturated carbocycles. The average Bonchev–Trinajstić information content (AvgIpc) is 1.44. The zero-order chi connectivity index (χ0) is 76.0. The van der Waals surface area contributed by atoms with Gasteiger partial charge in [-0.15, -0.1) is 0 Å². The summed E-state index contributed by atoms with van der Waals surface area (Å²) >= 11 is 0. The van der Waals surface area contributed by atoms with Gasteiger partial charge in [-0.05, 0) is 83.5 Å². The first-order chi connectivity index (χ1) is 50.7. The van der Waals surface area contributed by atoms with Crippen molar-refractivity contribution in [2.45, 2.75) is 444 Å². The summed E-state index contributed by atoms with van der Waals surface area (Å²) in [5.74, 6) is -2.14. The number of hydrogen-bond acceptors (Lipinski definition) is 15. The van der Waals surface area contributed by atoms with Crippen molar-refractivity contribution >= 4 is 39.5 Å². The van der Waals surface area contributed by atoms with Crippen LogP contribution in [-0.4, -0.2) is 96.7 Å². The van der Waals surface area contributed by atoms with E-state index in [2.05, 4.69) is 64.2 Å². The second-order valence-corrected chi connectivity index (χ2v) is 32.4. The van der Waals surface area contributed by atoms with Gasteiger partial charge in [0.25, 0.3) is 0 Å². The molecule has 3 N–H and O–H groups in total. The lowest BCUT2D eigenvalue weighted by atomic mass is 10.0. The van der Waals surface area contributed by atoms with Crippen molar-refractivity contribution in [2.75, 3.05) is 39.6 Å². The molecule has 0 amide bonds. The first-order valence-electron chi connectivity index (χ1n) is 43.2. The summed E-state index contributed by atoms with van der Waals surface area (Å²) in [6.07, 6.45) is 76.7. The number of phosphoric acid groups is 2. The fraction of sp³-hybridized carbons (Fsp3) is 0.882. The summed E-state index contributed by atoms with van der Waals surface area (Å²) in [7, 11) is -9.94. The molecule has 0 radical (unpaired) electrons. The molecular weight excluding hydrogens is 1350 g/mol. The Morgan fingerprint density at radius 1 is 0.269 bits per heavy atom. The second kappa shape index (κ2) is 78.4. The van der Waals surface area contributed by atoms with Crippen LogP contribution >= 0.6 is 15.6 Å². The highest BCUT2D eigenvalue weighted by molar-refractivity contribution is 7.47. The zero-order valence-electron chi connectivity index (χ0n) is 67.2. The van der Waals surface area contributed by atoms with E-state index >= 15 is 0 Å². The Kier molecular flexibility index (Phi) is 76.4. The van der Waals surface area contributed by atoms with Gasteiger partial charge in [0.05, 0.1) is 26.4 Å². The van der Waals surface area contributed by atoms with Gasteiger partial charge in [-0.2, -0.15) is 0 Å². The molecule has 612 valence electrons. The highest BCUT2D eigenvalue weighted by Gasteiger charge is 2.30. The van der Waals surface area contributed by atoms with Crippen molar-refractivity contribution in [3.05, 3.63) is 36.5 Å². The Morgan fingerprint density at radius 2 is 0.471 bits per heavy atom. The summed E-state index contributed by atoms with van der Waals surface area (Å²) < 4.78 is 68.8. The lowest BCUT2D eigenvalue weighted by Crippen LogP contribution is -2.30. The van der Waals surface area contributed by atoms with Crippen molar-refractivity contribution in [1.29, 1.82) is 0 Å². The molecule has 2 unspecified atom stereocenters. The molecule has 0 aliphatic carbocycles. The molecule has 0 heterocycles. The van der Waals surface area contributed by atoms with Crippen LogP contribution in [0.2, 0.25) is 0 Å². The number of allylic oxidation sites excluding steroid dienone is 6. The monoisotopic (exact) mass is 1520 g/mol. The Bertz CT molecular complexity index is 2110. The number of esters is 4. The predicted octanol–water partition coefficient (Wildman–Crippen LogP) is 25.5. The number of rotatable bonds is 83. The maximum Gasteiger partial charge on any atom is 0.472 e. The Hall–Kier alpha value is -2.72. The fourth-order valence-electron chi connectivity index (χ4n) is 12.5. The molecular formula is C85H160O17P2. The predicted molar refractivity (Wildman–Crippen MR) is 428 cm³/mol. The van der Waals surface area contributed by atoms with E-state index < -0.39 is 97.5 Å². The van der Waals surface area contributed by atoms with Crippen LogP contribution in [0.15, 0.2) is 36.5 Å². The van der Waals surface area contributed by atoms with Gasteiger partial charge >= 0.3 is 39.5 Å².